The van der Waals surface area contributed by atoms with Crippen molar-refractivity contribution in [2.45, 2.75) is 23.4 Å². The number of carbonyl (C=O) groups excluding carboxylic acids is 1. The van der Waals surface area contributed by atoms with Gasteiger partial charge in [-0.2, -0.15) is 0 Å². The second kappa shape index (κ2) is 8.68. The van der Waals surface area contributed by atoms with Crippen molar-refractivity contribution in [2.75, 3.05) is 10.7 Å². The molecule has 0 unspecified atom stereocenters. The molecule has 0 spiro atoms. The van der Waals surface area contributed by atoms with Crippen molar-refractivity contribution >= 4 is 35.0 Å². The van der Waals surface area contributed by atoms with Crippen LogP contribution in [-0.2, 0) is 4.79 Å². The SMILES string of the molecule is Cc1ccccc1NC(=O)[C@H]1Sc2nnc(-c3ccccc3)n2N[C@@H]1c1ccc(Cl)cc1. The van der Waals surface area contributed by atoms with Crippen LogP contribution in [-0.4, -0.2) is 26.0 Å². The number of aryl methyl sites for hydroxylation is 1. The van der Waals surface area contributed by atoms with Crippen LogP contribution in [0.1, 0.15) is 17.2 Å². The standard InChI is InChI=1S/C24H20ClN5OS/c1-15-7-5-6-10-19(15)26-23(31)21-20(16-11-13-18(25)14-12-16)29-30-22(27-28-24(30)32-21)17-8-3-2-4-9-17/h2-14,20-21,29H,1H3,(H,26,31)/t20-,21+/m1/s1. The van der Waals surface area contributed by atoms with Crippen molar-refractivity contribution in [2.24, 2.45) is 0 Å². The smallest absolute Gasteiger partial charge is 0.240 e. The summed E-state index contributed by atoms with van der Waals surface area (Å²) in [4.78, 5) is 13.4. The zero-order valence-electron chi connectivity index (χ0n) is 17.2. The first kappa shape index (κ1) is 20.6. The summed E-state index contributed by atoms with van der Waals surface area (Å²) < 4.78 is 1.86. The van der Waals surface area contributed by atoms with E-state index in [0.717, 1.165) is 22.4 Å². The van der Waals surface area contributed by atoms with Crippen LogP contribution in [0.4, 0.5) is 5.69 Å². The van der Waals surface area contributed by atoms with Crippen LogP contribution in [0.2, 0.25) is 5.02 Å². The van der Waals surface area contributed by atoms with Crippen LogP contribution >= 0.6 is 23.4 Å². The van der Waals surface area contributed by atoms with Gasteiger partial charge in [-0.25, -0.2) is 4.68 Å². The quantitative estimate of drug-likeness (QED) is 0.431. The third-order valence-electron chi connectivity index (χ3n) is 5.36. The number of thioether (sulfide) groups is 1. The first-order valence-electron chi connectivity index (χ1n) is 10.2. The molecule has 0 radical (unpaired) electrons. The lowest BCUT2D eigenvalue weighted by Crippen LogP contribution is -2.41. The first-order chi connectivity index (χ1) is 15.6. The summed E-state index contributed by atoms with van der Waals surface area (Å²) in [6.07, 6.45) is 0. The Balaban J connectivity index is 1.52. The number of nitrogens with one attached hydrogen (secondary N) is 2. The van der Waals surface area contributed by atoms with Crippen LogP contribution in [0, 0.1) is 6.92 Å². The lowest BCUT2D eigenvalue weighted by molar-refractivity contribution is -0.116. The van der Waals surface area contributed by atoms with Crippen LogP contribution in [0.15, 0.2) is 84.0 Å². The van der Waals surface area contributed by atoms with E-state index in [9.17, 15) is 4.79 Å². The number of anilines is 1. The van der Waals surface area contributed by atoms with Crippen molar-refractivity contribution in [1.82, 2.24) is 14.9 Å². The molecule has 5 rings (SSSR count). The van der Waals surface area contributed by atoms with Crippen molar-refractivity contribution < 1.29 is 4.79 Å². The van der Waals surface area contributed by atoms with Crippen LogP contribution in [0.5, 0.6) is 0 Å². The van der Waals surface area contributed by atoms with Gasteiger partial charge in [-0.05, 0) is 36.2 Å². The van der Waals surface area contributed by atoms with E-state index in [4.69, 9.17) is 11.6 Å². The molecule has 0 aliphatic carbocycles. The van der Waals surface area contributed by atoms with Crippen molar-refractivity contribution in [3.05, 3.63) is 95.0 Å². The Bertz CT molecular complexity index is 1260. The molecule has 2 atom stereocenters. The molecule has 1 amide bonds. The molecule has 0 bridgehead atoms. The second-order valence-corrected chi connectivity index (χ2v) is 9.05. The summed E-state index contributed by atoms with van der Waals surface area (Å²) in [5, 5.41) is 12.6. The third-order valence-corrected chi connectivity index (χ3v) is 6.83. The number of carbonyl (C=O) groups is 1. The van der Waals surface area contributed by atoms with Gasteiger partial charge < -0.3 is 10.7 Å². The summed E-state index contributed by atoms with van der Waals surface area (Å²) in [6, 6.07) is 24.8. The molecule has 1 aliphatic heterocycles. The molecule has 32 heavy (non-hydrogen) atoms. The van der Waals surface area contributed by atoms with Gasteiger partial charge in [0.25, 0.3) is 0 Å². The minimum Gasteiger partial charge on any atom is -0.325 e. The maximum Gasteiger partial charge on any atom is 0.240 e. The summed E-state index contributed by atoms with van der Waals surface area (Å²) in [5.74, 6) is 0.595. The van der Waals surface area contributed by atoms with Gasteiger partial charge in [-0.3, -0.25) is 4.79 Å². The fourth-order valence-electron chi connectivity index (χ4n) is 3.67. The molecule has 160 valence electrons. The molecule has 6 nitrogen and oxygen atoms in total. The number of benzene rings is 3. The van der Waals surface area contributed by atoms with E-state index in [-0.39, 0.29) is 11.9 Å². The lowest BCUT2D eigenvalue weighted by atomic mass is 10.0. The van der Waals surface area contributed by atoms with Gasteiger partial charge in [0.2, 0.25) is 11.1 Å². The number of nitrogens with zero attached hydrogens (tertiary/aromatic N) is 3. The Kier molecular flexibility index (Phi) is 5.59. The monoisotopic (exact) mass is 461 g/mol. The number of fused-ring (bicyclic) bond motifs is 1. The lowest BCUT2D eigenvalue weighted by Gasteiger charge is -2.33. The van der Waals surface area contributed by atoms with Crippen LogP contribution in [0.3, 0.4) is 0 Å². The van der Waals surface area contributed by atoms with Gasteiger partial charge in [-0.1, -0.05) is 84.0 Å². The molecule has 1 aromatic heterocycles. The summed E-state index contributed by atoms with van der Waals surface area (Å²) in [6.45, 7) is 1.97. The molecule has 0 fully saturated rings. The molecule has 4 aromatic rings. The predicted octanol–water partition coefficient (Wildman–Crippen LogP) is 5.30. The Morgan fingerprint density at radius 2 is 1.72 bits per heavy atom. The van der Waals surface area contributed by atoms with Crippen molar-refractivity contribution in [3.63, 3.8) is 0 Å². The molecule has 3 aromatic carbocycles. The largest absolute Gasteiger partial charge is 0.325 e. The zero-order chi connectivity index (χ0) is 22.1. The number of rotatable bonds is 4. The molecule has 1 aliphatic rings. The highest BCUT2D eigenvalue weighted by atomic mass is 35.5. The topological polar surface area (TPSA) is 71.8 Å². The van der Waals surface area contributed by atoms with Gasteiger partial charge >= 0.3 is 0 Å². The average molecular weight is 462 g/mol. The number of hydrogen-bond donors (Lipinski definition) is 2. The fourth-order valence-corrected chi connectivity index (χ4v) is 4.87. The van der Waals surface area contributed by atoms with Crippen LogP contribution in [0.25, 0.3) is 11.4 Å². The normalized spacial score (nSPS) is 17.3. The number of aromatic nitrogens is 3. The Morgan fingerprint density at radius 1 is 1.00 bits per heavy atom. The van der Waals surface area contributed by atoms with E-state index in [1.807, 2.05) is 90.5 Å². The van der Waals surface area contributed by atoms with Gasteiger partial charge in [0.05, 0.1) is 6.04 Å². The second-order valence-electron chi connectivity index (χ2n) is 7.51. The van der Waals surface area contributed by atoms with E-state index in [1.54, 1.807) is 0 Å². The highest BCUT2D eigenvalue weighted by Gasteiger charge is 2.38. The Labute approximate surface area is 195 Å². The highest BCUT2D eigenvalue weighted by Crippen LogP contribution is 2.39. The number of halogens is 1. The average Bonchev–Trinajstić information content (AvgIpc) is 3.24. The summed E-state index contributed by atoms with van der Waals surface area (Å²) >= 11 is 7.51. The van der Waals surface area contributed by atoms with E-state index >= 15 is 0 Å². The molecule has 2 heterocycles. The number of hydrogen-bond acceptors (Lipinski definition) is 5. The minimum absolute atomic E-state index is 0.104. The van der Waals surface area contributed by atoms with Gasteiger partial charge in [-0.15, -0.1) is 10.2 Å². The summed E-state index contributed by atoms with van der Waals surface area (Å²) in [7, 11) is 0. The Hall–Kier alpha value is -3.29. The predicted molar refractivity (Wildman–Crippen MR) is 128 cm³/mol. The maximum absolute atomic E-state index is 13.4. The van der Waals surface area contributed by atoms with E-state index in [2.05, 4.69) is 20.9 Å². The van der Waals surface area contributed by atoms with E-state index < -0.39 is 5.25 Å². The fraction of sp³-hybridized carbons (Fsp3) is 0.125. The van der Waals surface area contributed by atoms with Gasteiger partial charge in [0, 0.05) is 16.3 Å². The zero-order valence-corrected chi connectivity index (χ0v) is 18.8. The van der Waals surface area contributed by atoms with Crippen LogP contribution < -0.4 is 10.7 Å². The minimum atomic E-state index is -0.462. The van der Waals surface area contributed by atoms with Crippen molar-refractivity contribution in [1.29, 1.82) is 0 Å². The third kappa shape index (κ3) is 3.97. The molecule has 0 saturated heterocycles. The molecule has 8 heteroatoms. The summed E-state index contributed by atoms with van der Waals surface area (Å²) in [5.41, 5.74) is 7.17. The highest BCUT2D eigenvalue weighted by molar-refractivity contribution is 8.00. The molecular weight excluding hydrogens is 442 g/mol. The molecule has 2 N–H and O–H groups in total. The number of amides is 1. The first-order valence-corrected chi connectivity index (χ1v) is 11.4. The molecular formula is C24H20ClN5OS. The van der Waals surface area contributed by atoms with E-state index in [1.165, 1.54) is 11.8 Å². The van der Waals surface area contributed by atoms with Gasteiger partial charge in [0.15, 0.2) is 5.82 Å². The van der Waals surface area contributed by atoms with E-state index in [0.29, 0.717) is 16.0 Å². The number of para-hydroxylation sites is 1. The van der Waals surface area contributed by atoms with Gasteiger partial charge in [0.1, 0.15) is 5.25 Å². The molecule has 0 saturated carbocycles. The maximum atomic E-state index is 13.4. The Morgan fingerprint density at radius 3 is 2.47 bits per heavy atom. The van der Waals surface area contributed by atoms with Crippen molar-refractivity contribution in [3.8, 4) is 11.4 Å².